The zero-order valence-electron chi connectivity index (χ0n) is 12.5. The SMILES string of the molecule is COc1cc(C)c(C(N)C(C)(C)C(=O)O)c(C)c1C. The molecule has 0 saturated carbocycles. The minimum absolute atomic E-state index is 0.561. The quantitative estimate of drug-likeness (QED) is 0.878. The maximum Gasteiger partial charge on any atom is 0.311 e. The number of carboxylic acid groups (broad SMARTS) is 1. The molecule has 0 radical (unpaired) electrons. The minimum Gasteiger partial charge on any atom is -0.496 e. The Bertz CT molecular complexity index is 507. The van der Waals surface area contributed by atoms with Crippen molar-refractivity contribution >= 4 is 5.97 Å². The average Bonchev–Trinajstić information content (AvgIpc) is 2.33. The molecule has 0 bridgehead atoms. The molecule has 0 aromatic heterocycles. The lowest BCUT2D eigenvalue weighted by atomic mass is 9.77. The van der Waals surface area contributed by atoms with Crippen molar-refractivity contribution in [2.45, 2.75) is 40.7 Å². The van der Waals surface area contributed by atoms with Gasteiger partial charge in [0.15, 0.2) is 0 Å². The summed E-state index contributed by atoms with van der Waals surface area (Å²) in [6.45, 7) is 9.15. The summed E-state index contributed by atoms with van der Waals surface area (Å²) < 4.78 is 5.32. The summed E-state index contributed by atoms with van der Waals surface area (Å²) in [6, 6.07) is 1.35. The zero-order chi connectivity index (χ0) is 15.0. The third-order valence-electron chi connectivity index (χ3n) is 3.97. The number of hydrogen-bond acceptors (Lipinski definition) is 3. The number of rotatable bonds is 4. The number of nitrogens with two attached hydrogens (primary N) is 1. The highest BCUT2D eigenvalue weighted by Gasteiger charge is 2.37. The summed E-state index contributed by atoms with van der Waals surface area (Å²) in [6.07, 6.45) is 0. The van der Waals surface area contributed by atoms with Gasteiger partial charge in [-0.25, -0.2) is 0 Å². The van der Waals surface area contributed by atoms with Crippen molar-refractivity contribution in [2.75, 3.05) is 7.11 Å². The van der Waals surface area contributed by atoms with Crippen LogP contribution in [0.1, 0.15) is 42.1 Å². The van der Waals surface area contributed by atoms with Crippen LogP contribution in [0.15, 0.2) is 6.07 Å². The molecule has 0 aliphatic rings. The highest BCUT2D eigenvalue weighted by molar-refractivity contribution is 5.75. The van der Waals surface area contributed by atoms with Crippen molar-refractivity contribution in [2.24, 2.45) is 11.1 Å². The molecule has 4 heteroatoms. The molecule has 0 spiro atoms. The van der Waals surface area contributed by atoms with Crippen LogP contribution in [0.2, 0.25) is 0 Å². The summed E-state index contributed by atoms with van der Waals surface area (Å²) in [5.41, 5.74) is 9.05. The van der Waals surface area contributed by atoms with Gasteiger partial charge in [-0.2, -0.15) is 0 Å². The lowest BCUT2D eigenvalue weighted by Crippen LogP contribution is -2.37. The Morgan fingerprint density at radius 3 is 2.26 bits per heavy atom. The first-order valence-electron chi connectivity index (χ1n) is 6.28. The fourth-order valence-corrected chi connectivity index (χ4v) is 2.25. The van der Waals surface area contributed by atoms with Gasteiger partial charge in [-0.1, -0.05) is 0 Å². The normalized spacial score (nSPS) is 13.2. The Hall–Kier alpha value is -1.55. The Balaban J connectivity index is 3.44. The average molecular weight is 265 g/mol. The molecule has 106 valence electrons. The Labute approximate surface area is 114 Å². The highest BCUT2D eigenvalue weighted by atomic mass is 16.5. The van der Waals surface area contributed by atoms with Crippen LogP contribution in [0, 0.1) is 26.2 Å². The van der Waals surface area contributed by atoms with Crippen LogP contribution in [0.25, 0.3) is 0 Å². The molecule has 1 unspecified atom stereocenters. The van der Waals surface area contributed by atoms with Gasteiger partial charge in [0.1, 0.15) is 5.75 Å². The van der Waals surface area contributed by atoms with Crippen LogP contribution in [0.4, 0.5) is 0 Å². The third-order valence-corrected chi connectivity index (χ3v) is 3.97. The lowest BCUT2D eigenvalue weighted by Gasteiger charge is -2.30. The molecule has 0 fully saturated rings. The van der Waals surface area contributed by atoms with Gasteiger partial charge in [-0.05, 0) is 62.9 Å². The number of aryl methyl sites for hydroxylation is 1. The van der Waals surface area contributed by atoms with Crippen LogP contribution in [0.3, 0.4) is 0 Å². The Kier molecular flexibility index (Phi) is 4.25. The van der Waals surface area contributed by atoms with Gasteiger partial charge in [-0.3, -0.25) is 4.79 Å². The van der Waals surface area contributed by atoms with Crippen molar-refractivity contribution in [1.29, 1.82) is 0 Å². The lowest BCUT2D eigenvalue weighted by molar-refractivity contribution is -0.148. The van der Waals surface area contributed by atoms with Gasteiger partial charge in [0.05, 0.1) is 12.5 Å². The van der Waals surface area contributed by atoms with Crippen molar-refractivity contribution < 1.29 is 14.6 Å². The molecule has 0 saturated heterocycles. The summed E-state index contributed by atoms with van der Waals surface area (Å²) in [7, 11) is 1.63. The van der Waals surface area contributed by atoms with Gasteiger partial charge in [0.2, 0.25) is 0 Å². The fourth-order valence-electron chi connectivity index (χ4n) is 2.25. The summed E-state index contributed by atoms with van der Waals surface area (Å²) in [5, 5.41) is 9.32. The van der Waals surface area contributed by atoms with E-state index in [1.807, 2.05) is 26.8 Å². The number of methoxy groups -OCH3 is 1. The number of hydrogen-bond donors (Lipinski definition) is 2. The number of carbonyl (C=O) groups is 1. The van der Waals surface area contributed by atoms with Gasteiger partial charge in [0.25, 0.3) is 0 Å². The summed E-state index contributed by atoms with van der Waals surface area (Å²) >= 11 is 0. The second kappa shape index (κ2) is 5.21. The predicted molar refractivity (Wildman–Crippen MR) is 75.6 cm³/mol. The van der Waals surface area contributed by atoms with E-state index in [2.05, 4.69) is 0 Å². The summed E-state index contributed by atoms with van der Waals surface area (Å²) in [4.78, 5) is 11.4. The molecule has 0 amide bonds. The van der Waals surface area contributed by atoms with Crippen LogP contribution >= 0.6 is 0 Å². The van der Waals surface area contributed by atoms with E-state index in [0.717, 1.165) is 28.0 Å². The third kappa shape index (κ3) is 2.59. The second-order valence-corrected chi connectivity index (χ2v) is 5.56. The van der Waals surface area contributed by atoms with Crippen LogP contribution < -0.4 is 10.5 Å². The van der Waals surface area contributed by atoms with Crippen molar-refractivity contribution in [3.05, 3.63) is 28.3 Å². The zero-order valence-corrected chi connectivity index (χ0v) is 12.5. The molecule has 3 N–H and O–H groups in total. The summed E-state index contributed by atoms with van der Waals surface area (Å²) in [5.74, 6) is -0.0913. The molecule has 0 aliphatic heterocycles. The van der Waals surface area contributed by atoms with Crippen LogP contribution in [0.5, 0.6) is 5.75 Å². The van der Waals surface area contributed by atoms with E-state index in [9.17, 15) is 9.90 Å². The van der Waals surface area contributed by atoms with Gasteiger partial charge in [0, 0.05) is 6.04 Å². The predicted octanol–water partition coefficient (Wildman–Crippen LogP) is 2.73. The molecule has 0 heterocycles. The van der Waals surface area contributed by atoms with Crippen molar-refractivity contribution in [3.8, 4) is 5.75 Å². The smallest absolute Gasteiger partial charge is 0.311 e. The number of ether oxygens (including phenoxy) is 1. The first kappa shape index (κ1) is 15.5. The number of aliphatic carboxylic acids is 1. The Morgan fingerprint density at radius 2 is 1.84 bits per heavy atom. The maximum absolute atomic E-state index is 11.4. The van der Waals surface area contributed by atoms with E-state index < -0.39 is 17.4 Å². The van der Waals surface area contributed by atoms with E-state index in [1.54, 1.807) is 21.0 Å². The number of benzene rings is 1. The largest absolute Gasteiger partial charge is 0.496 e. The highest BCUT2D eigenvalue weighted by Crippen LogP contribution is 2.38. The Morgan fingerprint density at radius 1 is 1.32 bits per heavy atom. The van der Waals surface area contributed by atoms with Gasteiger partial charge < -0.3 is 15.6 Å². The molecule has 1 rings (SSSR count). The van der Waals surface area contributed by atoms with Crippen LogP contribution in [-0.4, -0.2) is 18.2 Å². The second-order valence-electron chi connectivity index (χ2n) is 5.56. The topological polar surface area (TPSA) is 72.5 Å². The first-order valence-corrected chi connectivity index (χ1v) is 6.28. The van der Waals surface area contributed by atoms with Crippen molar-refractivity contribution in [3.63, 3.8) is 0 Å². The van der Waals surface area contributed by atoms with E-state index in [0.29, 0.717) is 0 Å². The van der Waals surface area contributed by atoms with E-state index in [1.165, 1.54) is 0 Å². The molecule has 19 heavy (non-hydrogen) atoms. The minimum atomic E-state index is -1.02. The van der Waals surface area contributed by atoms with Gasteiger partial charge >= 0.3 is 5.97 Å². The molecule has 4 nitrogen and oxygen atoms in total. The first-order chi connectivity index (χ1) is 8.64. The molecule has 1 atom stereocenters. The van der Waals surface area contributed by atoms with E-state index in [4.69, 9.17) is 10.5 Å². The van der Waals surface area contributed by atoms with Crippen molar-refractivity contribution in [1.82, 2.24) is 0 Å². The van der Waals surface area contributed by atoms with Crippen LogP contribution in [-0.2, 0) is 4.79 Å². The van der Waals surface area contributed by atoms with E-state index in [-0.39, 0.29) is 0 Å². The molecular weight excluding hydrogens is 242 g/mol. The molecular formula is C15H23NO3. The fraction of sp³-hybridized carbons (Fsp3) is 0.533. The van der Waals surface area contributed by atoms with Gasteiger partial charge in [-0.15, -0.1) is 0 Å². The molecule has 0 aliphatic carbocycles. The monoisotopic (exact) mass is 265 g/mol. The molecule has 1 aromatic rings. The number of carboxylic acids is 1. The maximum atomic E-state index is 11.4. The molecule has 1 aromatic carbocycles. The van der Waals surface area contributed by atoms with E-state index >= 15 is 0 Å². The standard InChI is InChI=1S/C15H23NO3/c1-8-7-11(19-6)9(2)10(3)12(8)13(16)15(4,5)14(17)18/h7,13H,16H2,1-6H3,(H,17,18).